The Balaban J connectivity index is 1.32. The van der Waals surface area contributed by atoms with Crippen LogP contribution in [0.1, 0.15) is 59.6 Å². The first-order valence-electron chi connectivity index (χ1n) is 9.91. The number of carbonyl (C=O) groups is 2. The van der Waals surface area contributed by atoms with Crippen molar-refractivity contribution in [2.45, 2.75) is 44.9 Å². The zero-order valence-electron chi connectivity index (χ0n) is 16.4. The molecule has 0 radical (unpaired) electrons. The van der Waals surface area contributed by atoms with E-state index in [4.69, 9.17) is 4.42 Å². The van der Waals surface area contributed by atoms with Crippen LogP contribution >= 0.6 is 0 Å². The Morgan fingerprint density at radius 1 is 1.11 bits per heavy atom. The predicted molar refractivity (Wildman–Crippen MR) is 99.6 cm³/mol. The van der Waals surface area contributed by atoms with Crippen LogP contribution in [0.2, 0.25) is 0 Å². The van der Waals surface area contributed by atoms with Gasteiger partial charge in [-0.15, -0.1) is 10.2 Å². The summed E-state index contributed by atoms with van der Waals surface area (Å²) in [5, 5.41) is 12.5. The summed E-state index contributed by atoms with van der Waals surface area (Å²) in [7, 11) is 1.79. The Morgan fingerprint density at radius 3 is 2.46 bits per heavy atom. The maximum atomic E-state index is 12.7. The van der Waals surface area contributed by atoms with E-state index >= 15 is 0 Å². The van der Waals surface area contributed by atoms with Crippen molar-refractivity contribution in [1.82, 2.24) is 29.8 Å². The van der Waals surface area contributed by atoms with Gasteiger partial charge in [0.2, 0.25) is 17.7 Å². The third kappa shape index (κ3) is 3.79. The molecule has 2 fully saturated rings. The molecule has 0 spiro atoms. The van der Waals surface area contributed by atoms with Gasteiger partial charge in [0.25, 0.3) is 5.91 Å². The molecule has 2 aromatic heterocycles. The lowest BCUT2D eigenvalue weighted by atomic mass is 9.96. The highest BCUT2D eigenvalue weighted by atomic mass is 16.4. The molecule has 2 amide bonds. The first-order valence-corrected chi connectivity index (χ1v) is 9.91. The van der Waals surface area contributed by atoms with Crippen molar-refractivity contribution >= 4 is 11.8 Å². The summed E-state index contributed by atoms with van der Waals surface area (Å²) in [6.45, 7) is 4.80. The van der Waals surface area contributed by atoms with Crippen LogP contribution in [0.15, 0.2) is 10.5 Å². The molecule has 0 aliphatic carbocycles. The average Bonchev–Trinajstić information content (AvgIpc) is 3.43. The number of aromatic nitrogens is 4. The Hall–Kier alpha value is -2.71. The van der Waals surface area contributed by atoms with E-state index in [1.54, 1.807) is 11.7 Å². The second-order valence-corrected chi connectivity index (χ2v) is 7.66. The Morgan fingerprint density at radius 2 is 1.82 bits per heavy atom. The molecule has 0 unspecified atom stereocenters. The van der Waals surface area contributed by atoms with Gasteiger partial charge in [0, 0.05) is 39.1 Å². The minimum Gasteiger partial charge on any atom is -0.424 e. The van der Waals surface area contributed by atoms with Crippen molar-refractivity contribution in [3.63, 3.8) is 0 Å². The van der Waals surface area contributed by atoms with Crippen LogP contribution in [-0.4, -0.2) is 67.8 Å². The summed E-state index contributed by atoms with van der Waals surface area (Å²) in [6, 6.07) is 1.82. The summed E-state index contributed by atoms with van der Waals surface area (Å²) in [6.07, 6.45) is 3.84. The van der Waals surface area contributed by atoms with Crippen molar-refractivity contribution in [2.24, 2.45) is 7.05 Å². The topological polar surface area (TPSA) is 97.4 Å². The third-order valence-corrected chi connectivity index (χ3v) is 5.60. The molecule has 4 rings (SSSR count). The van der Waals surface area contributed by atoms with Crippen LogP contribution in [0.5, 0.6) is 0 Å². The van der Waals surface area contributed by atoms with Gasteiger partial charge in [-0.1, -0.05) is 0 Å². The maximum Gasteiger partial charge on any atom is 0.272 e. The van der Waals surface area contributed by atoms with E-state index in [0.29, 0.717) is 30.6 Å². The summed E-state index contributed by atoms with van der Waals surface area (Å²) in [4.78, 5) is 28.6. The van der Waals surface area contributed by atoms with Gasteiger partial charge in [-0.05, 0) is 38.7 Å². The van der Waals surface area contributed by atoms with Crippen LogP contribution in [0.25, 0.3) is 0 Å². The van der Waals surface area contributed by atoms with E-state index in [1.807, 2.05) is 22.8 Å². The third-order valence-electron chi connectivity index (χ3n) is 5.60. The molecular weight excluding hydrogens is 360 g/mol. The molecule has 2 saturated heterocycles. The molecule has 0 aromatic carbocycles. The van der Waals surface area contributed by atoms with E-state index in [0.717, 1.165) is 44.5 Å². The second kappa shape index (κ2) is 7.73. The number of carbonyl (C=O) groups excluding carboxylic acids is 2. The fraction of sp³-hybridized carbons (Fsp3) is 0.632. The molecular formula is C19H26N6O3. The Bertz CT molecular complexity index is 859. The molecule has 9 nitrogen and oxygen atoms in total. The van der Waals surface area contributed by atoms with Crippen molar-refractivity contribution in [3.8, 4) is 0 Å². The fourth-order valence-corrected chi connectivity index (χ4v) is 4.01. The number of piperidine rings is 1. The smallest absolute Gasteiger partial charge is 0.272 e. The van der Waals surface area contributed by atoms with E-state index in [-0.39, 0.29) is 24.2 Å². The number of hydrogen-bond donors (Lipinski definition) is 0. The fourth-order valence-electron chi connectivity index (χ4n) is 4.01. The summed E-state index contributed by atoms with van der Waals surface area (Å²) in [5.41, 5.74) is 1.44. The zero-order valence-corrected chi connectivity index (χ0v) is 16.4. The first kappa shape index (κ1) is 18.6. The standard InChI is InChI=1S/C19H26N6O3/c1-13-11-15(23(2)22-13)19(27)25-9-5-14(6-10-25)18-21-20-16(28-18)12-17(26)24-7-3-4-8-24/h11,14H,3-10,12H2,1-2H3. The number of hydrogen-bond acceptors (Lipinski definition) is 6. The van der Waals surface area contributed by atoms with Gasteiger partial charge in [-0.25, -0.2) is 0 Å². The van der Waals surface area contributed by atoms with Crippen molar-refractivity contribution in [3.05, 3.63) is 29.2 Å². The van der Waals surface area contributed by atoms with Crippen LogP contribution in [0, 0.1) is 6.92 Å². The van der Waals surface area contributed by atoms with Gasteiger partial charge in [-0.2, -0.15) is 5.10 Å². The molecule has 28 heavy (non-hydrogen) atoms. The maximum absolute atomic E-state index is 12.7. The van der Waals surface area contributed by atoms with Gasteiger partial charge in [0.15, 0.2) is 0 Å². The molecule has 0 saturated carbocycles. The quantitative estimate of drug-likeness (QED) is 0.786. The highest BCUT2D eigenvalue weighted by Crippen LogP contribution is 2.28. The lowest BCUT2D eigenvalue weighted by molar-refractivity contribution is -0.129. The molecule has 0 bridgehead atoms. The summed E-state index contributed by atoms with van der Waals surface area (Å²) >= 11 is 0. The lowest BCUT2D eigenvalue weighted by Gasteiger charge is -2.30. The monoisotopic (exact) mass is 386 g/mol. The number of nitrogens with zero attached hydrogens (tertiary/aromatic N) is 6. The lowest BCUT2D eigenvalue weighted by Crippen LogP contribution is -2.38. The van der Waals surface area contributed by atoms with Gasteiger partial charge >= 0.3 is 0 Å². The normalized spacial score (nSPS) is 18.1. The van der Waals surface area contributed by atoms with E-state index in [9.17, 15) is 9.59 Å². The van der Waals surface area contributed by atoms with Crippen LogP contribution in [-0.2, 0) is 18.3 Å². The van der Waals surface area contributed by atoms with Crippen molar-refractivity contribution in [1.29, 1.82) is 0 Å². The van der Waals surface area contributed by atoms with Gasteiger partial charge in [0.1, 0.15) is 12.1 Å². The van der Waals surface area contributed by atoms with Gasteiger partial charge in [0.05, 0.1) is 5.69 Å². The SMILES string of the molecule is Cc1cc(C(=O)N2CCC(c3nnc(CC(=O)N4CCCC4)o3)CC2)n(C)n1. The largest absolute Gasteiger partial charge is 0.424 e. The van der Waals surface area contributed by atoms with Gasteiger partial charge in [-0.3, -0.25) is 14.3 Å². The highest BCUT2D eigenvalue weighted by Gasteiger charge is 2.29. The van der Waals surface area contributed by atoms with E-state index in [2.05, 4.69) is 15.3 Å². The molecule has 2 aromatic rings. The second-order valence-electron chi connectivity index (χ2n) is 7.66. The summed E-state index contributed by atoms with van der Waals surface area (Å²) < 4.78 is 7.40. The average molecular weight is 386 g/mol. The summed E-state index contributed by atoms with van der Waals surface area (Å²) in [5.74, 6) is 1.15. The van der Waals surface area contributed by atoms with Crippen LogP contribution in [0.3, 0.4) is 0 Å². The number of aryl methyl sites for hydroxylation is 2. The molecule has 2 aliphatic heterocycles. The molecule has 0 atom stereocenters. The Labute approximate surface area is 163 Å². The Kier molecular flexibility index (Phi) is 5.15. The molecule has 0 N–H and O–H groups in total. The molecule has 150 valence electrons. The van der Waals surface area contributed by atoms with Gasteiger partial charge < -0.3 is 14.2 Å². The van der Waals surface area contributed by atoms with Crippen molar-refractivity contribution in [2.75, 3.05) is 26.2 Å². The molecule has 2 aliphatic rings. The van der Waals surface area contributed by atoms with Crippen LogP contribution in [0.4, 0.5) is 0 Å². The number of rotatable bonds is 4. The van der Waals surface area contributed by atoms with E-state index < -0.39 is 0 Å². The predicted octanol–water partition coefficient (Wildman–Crippen LogP) is 1.30. The van der Waals surface area contributed by atoms with E-state index in [1.165, 1.54) is 0 Å². The van der Waals surface area contributed by atoms with Crippen molar-refractivity contribution < 1.29 is 14.0 Å². The minimum atomic E-state index is 0.00368. The zero-order chi connectivity index (χ0) is 19.7. The minimum absolute atomic E-state index is 0.00368. The molecule has 9 heteroatoms. The number of likely N-dealkylation sites (tertiary alicyclic amines) is 2. The molecule has 4 heterocycles. The van der Waals surface area contributed by atoms with Crippen LogP contribution < -0.4 is 0 Å². The highest BCUT2D eigenvalue weighted by molar-refractivity contribution is 5.92. The number of amides is 2. The first-order chi connectivity index (χ1) is 13.5.